The van der Waals surface area contributed by atoms with Crippen LogP contribution in [0.15, 0.2) is 36.5 Å². The number of anilines is 1. The molecule has 0 atom stereocenters. The van der Waals surface area contributed by atoms with Crippen LogP contribution in [0.2, 0.25) is 0 Å². The molecule has 1 saturated carbocycles. The molecular formula is C14H16N2O. The fourth-order valence-electron chi connectivity index (χ4n) is 2.32. The van der Waals surface area contributed by atoms with Gasteiger partial charge in [0.25, 0.3) is 0 Å². The van der Waals surface area contributed by atoms with Crippen molar-refractivity contribution in [3.63, 3.8) is 0 Å². The number of hydrogen-bond donors (Lipinski definition) is 1. The van der Waals surface area contributed by atoms with E-state index >= 15 is 0 Å². The fourth-order valence-corrected chi connectivity index (χ4v) is 2.32. The molecule has 1 N–H and O–H groups in total. The van der Waals surface area contributed by atoms with Gasteiger partial charge in [0.05, 0.1) is 12.1 Å². The van der Waals surface area contributed by atoms with Gasteiger partial charge >= 0.3 is 0 Å². The first-order valence-electron chi connectivity index (χ1n) is 6.11. The topological polar surface area (TPSA) is 36.4 Å². The summed E-state index contributed by atoms with van der Waals surface area (Å²) in [6.45, 7) is 0.909. The van der Waals surface area contributed by atoms with E-state index in [-0.39, 0.29) is 6.61 Å². The molecule has 0 saturated heterocycles. The number of aromatic nitrogens is 1. The van der Waals surface area contributed by atoms with Crippen molar-refractivity contribution in [3.05, 3.63) is 36.5 Å². The monoisotopic (exact) mass is 228 g/mol. The molecule has 1 aliphatic carbocycles. The first-order chi connectivity index (χ1) is 8.40. The zero-order valence-electron chi connectivity index (χ0n) is 9.71. The molecule has 2 aromatic rings. The van der Waals surface area contributed by atoms with Crippen LogP contribution in [0, 0.1) is 0 Å². The van der Waals surface area contributed by atoms with Crippen molar-refractivity contribution >= 4 is 16.6 Å². The van der Waals surface area contributed by atoms with Crippen LogP contribution in [0.4, 0.5) is 5.69 Å². The van der Waals surface area contributed by atoms with Crippen molar-refractivity contribution in [2.45, 2.75) is 18.9 Å². The molecule has 17 heavy (non-hydrogen) atoms. The second-order valence-corrected chi connectivity index (χ2v) is 4.50. The molecule has 1 aliphatic rings. The van der Waals surface area contributed by atoms with E-state index in [0.717, 1.165) is 5.52 Å². The van der Waals surface area contributed by atoms with E-state index in [9.17, 15) is 5.11 Å². The lowest BCUT2D eigenvalue weighted by Gasteiger charge is -2.24. The smallest absolute Gasteiger partial charge is 0.0722 e. The van der Waals surface area contributed by atoms with Gasteiger partial charge in [-0.1, -0.05) is 18.2 Å². The van der Waals surface area contributed by atoms with E-state index < -0.39 is 0 Å². The minimum Gasteiger partial charge on any atom is -0.395 e. The molecule has 1 fully saturated rings. The normalized spacial score (nSPS) is 15.1. The maximum absolute atomic E-state index is 9.19. The lowest BCUT2D eigenvalue weighted by Crippen LogP contribution is -2.29. The Labute approximate surface area is 101 Å². The summed E-state index contributed by atoms with van der Waals surface area (Å²) < 4.78 is 0. The number of aliphatic hydroxyl groups excluding tert-OH is 1. The van der Waals surface area contributed by atoms with Crippen molar-refractivity contribution in [1.82, 2.24) is 4.98 Å². The van der Waals surface area contributed by atoms with Gasteiger partial charge in [0, 0.05) is 29.9 Å². The van der Waals surface area contributed by atoms with Crippen molar-refractivity contribution in [2.75, 3.05) is 18.1 Å². The first-order valence-corrected chi connectivity index (χ1v) is 6.11. The van der Waals surface area contributed by atoms with Crippen LogP contribution in [-0.2, 0) is 0 Å². The van der Waals surface area contributed by atoms with Crippen LogP contribution in [0.3, 0.4) is 0 Å². The van der Waals surface area contributed by atoms with Gasteiger partial charge in [0.2, 0.25) is 0 Å². The van der Waals surface area contributed by atoms with Crippen molar-refractivity contribution < 1.29 is 5.11 Å². The fraction of sp³-hybridized carbons (Fsp3) is 0.357. The third-order valence-electron chi connectivity index (χ3n) is 3.26. The second kappa shape index (κ2) is 4.34. The van der Waals surface area contributed by atoms with Crippen LogP contribution >= 0.6 is 0 Å². The summed E-state index contributed by atoms with van der Waals surface area (Å²) in [6, 6.07) is 10.8. The molecule has 1 heterocycles. The van der Waals surface area contributed by atoms with Gasteiger partial charge in [0.15, 0.2) is 0 Å². The molecule has 3 nitrogen and oxygen atoms in total. The van der Waals surface area contributed by atoms with E-state index in [1.807, 2.05) is 24.4 Å². The Kier molecular flexibility index (Phi) is 2.69. The maximum atomic E-state index is 9.19. The molecule has 0 unspecified atom stereocenters. The predicted octanol–water partition coefficient (Wildman–Crippen LogP) is 2.20. The van der Waals surface area contributed by atoms with E-state index in [1.54, 1.807) is 0 Å². The lowest BCUT2D eigenvalue weighted by molar-refractivity contribution is 0.301. The SMILES string of the molecule is OCCN(c1ccnc2ccccc12)C1CC1. The van der Waals surface area contributed by atoms with Gasteiger partial charge in [-0.05, 0) is 25.0 Å². The van der Waals surface area contributed by atoms with Gasteiger partial charge in [0.1, 0.15) is 0 Å². The summed E-state index contributed by atoms with van der Waals surface area (Å²) in [5, 5.41) is 10.4. The molecule has 1 aromatic heterocycles. The molecule has 3 rings (SSSR count). The average Bonchev–Trinajstić information content (AvgIpc) is 3.20. The molecule has 88 valence electrons. The van der Waals surface area contributed by atoms with Gasteiger partial charge in [-0.2, -0.15) is 0 Å². The highest BCUT2D eigenvalue weighted by Crippen LogP contribution is 2.34. The summed E-state index contributed by atoms with van der Waals surface area (Å²) in [7, 11) is 0. The molecule has 0 bridgehead atoms. The van der Waals surface area contributed by atoms with Crippen LogP contribution in [0.5, 0.6) is 0 Å². The Morgan fingerprint density at radius 1 is 1.24 bits per heavy atom. The van der Waals surface area contributed by atoms with E-state index in [0.29, 0.717) is 12.6 Å². The number of hydrogen-bond acceptors (Lipinski definition) is 3. The maximum Gasteiger partial charge on any atom is 0.0722 e. The Morgan fingerprint density at radius 2 is 2.06 bits per heavy atom. The van der Waals surface area contributed by atoms with Gasteiger partial charge in [-0.15, -0.1) is 0 Å². The van der Waals surface area contributed by atoms with Crippen molar-refractivity contribution in [1.29, 1.82) is 0 Å². The highest BCUT2D eigenvalue weighted by atomic mass is 16.3. The highest BCUT2D eigenvalue weighted by molar-refractivity contribution is 5.91. The first kappa shape index (κ1) is 10.5. The molecule has 1 aromatic carbocycles. The minimum absolute atomic E-state index is 0.202. The number of benzene rings is 1. The highest BCUT2D eigenvalue weighted by Gasteiger charge is 2.29. The summed E-state index contributed by atoms with van der Waals surface area (Å²) in [4.78, 5) is 6.68. The van der Waals surface area contributed by atoms with E-state index in [4.69, 9.17) is 0 Å². The van der Waals surface area contributed by atoms with Gasteiger partial charge < -0.3 is 10.0 Å². The van der Waals surface area contributed by atoms with Crippen LogP contribution in [-0.4, -0.2) is 29.3 Å². The average molecular weight is 228 g/mol. The zero-order chi connectivity index (χ0) is 11.7. The molecular weight excluding hydrogens is 212 g/mol. The molecule has 3 heteroatoms. The van der Waals surface area contributed by atoms with Crippen LogP contribution in [0.1, 0.15) is 12.8 Å². The Balaban J connectivity index is 2.08. The Hall–Kier alpha value is -1.61. The summed E-state index contributed by atoms with van der Waals surface area (Å²) in [6.07, 6.45) is 4.32. The molecule has 0 radical (unpaired) electrons. The Bertz CT molecular complexity index is 517. The number of aliphatic hydroxyl groups is 1. The summed E-state index contributed by atoms with van der Waals surface area (Å²) in [5.41, 5.74) is 2.22. The largest absolute Gasteiger partial charge is 0.395 e. The summed E-state index contributed by atoms with van der Waals surface area (Å²) in [5.74, 6) is 0. The third-order valence-corrected chi connectivity index (χ3v) is 3.26. The van der Waals surface area contributed by atoms with Crippen LogP contribution in [0.25, 0.3) is 10.9 Å². The molecule has 0 aliphatic heterocycles. The zero-order valence-corrected chi connectivity index (χ0v) is 9.71. The standard InChI is InChI=1S/C14H16N2O/c17-10-9-16(11-5-6-11)14-7-8-15-13-4-2-1-3-12(13)14/h1-4,7-8,11,17H,5-6,9-10H2. The minimum atomic E-state index is 0.202. The van der Waals surface area contributed by atoms with Gasteiger partial charge in [-0.25, -0.2) is 0 Å². The number of pyridine rings is 1. The van der Waals surface area contributed by atoms with Crippen molar-refractivity contribution in [2.24, 2.45) is 0 Å². The number of rotatable bonds is 4. The second-order valence-electron chi connectivity index (χ2n) is 4.50. The number of fused-ring (bicyclic) bond motifs is 1. The van der Waals surface area contributed by atoms with Crippen LogP contribution < -0.4 is 4.90 Å². The Morgan fingerprint density at radius 3 is 2.82 bits per heavy atom. The summed E-state index contributed by atoms with van der Waals surface area (Å²) >= 11 is 0. The predicted molar refractivity (Wildman–Crippen MR) is 69.2 cm³/mol. The third kappa shape index (κ3) is 1.98. The van der Waals surface area contributed by atoms with E-state index in [1.165, 1.54) is 23.9 Å². The molecule has 0 amide bonds. The quantitative estimate of drug-likeness (QED) is 0.871. The van der Waals surface area contributed by atoms with Crippen molar-refractivity contribution in [3.8, 4) is 0 Å². The molecule has 0 spiro atoms. The lowest BCUT2D eigenvalue weighted by atomic mass is 10.1. The van der Waals surface area contributed by atoms with Gasteiger partial charge in [-0.3, -0.25) is 4.98 Å². The van der Waals surface area contributed by atoms with E-state index in [2.05, 4.69) is 22.0 Å². The number of nitrogens with zero attached hydrogens (tertiary/aromatic N) is 2. The number of para-hydroxylation sites is 1.